The van der Waals surface area contributed by atoms with Crippen LogP contribution in [0.25, 0.3) is 6.08 Å². The molecule has 2 heterocycles. The highest BCUT2D eigenvalue weighted by Crippen LogP contribution is 2.35. The summed E-state index contributed by atoms with van der Waals surface area (Å²) in [6, 6.07) is 12.0. The van der Waals surface area contributed by atoms with Crippen molar-refractivity contribution in [3.63, 3.8) is 0 Å². The van der Waals surface area contributed by atoms with Crippen LogP contribution in [0.2, 0.25) is 0 Å². The first-order valence-electron chi connectivity index (χ1n) is 10.7. The Hall–Kier alpha value is -0.870. The molecule has 0 bridgehead atoms. The predicted molar refractivity (Wildman–Crippen MR) is 158 cm³/mol. The number of hydrogen-bond acceptors (Lipinski definition) is 5. The molecule has 0 N–H and O–H groups in total. The number of carbonyl (C=O) groups is 3. The van der Waals surface area contributed by atoms with Crippen LogP contribution in [0, 0.1) is 10.7 Å². The summed E-state index contributed by atoms with van der Waals surface area (Å²) in [5.41, 5.74) is 1.90. The molecule has 34 heavy (non-hydrogen) atoms. The van der Waals surface area contributed by atoms with Crippen molar-refractivity contribution in [2.45, 2.75) is 25.9 Å². The molecule has 0 aliphatic carbocycles. The van der Waals surface area contributed by atoms with Gasteiger partial charge in [-0.15, -0.1) is 0 Å². The third-order valence-corrected chi connectivity index (χ3v) is 8.72. The first kappa shape index (κ1) is 26.2. The van der Waals surface area contributed by atoms with Gasteiger partial charge in [0.15, 0.2) is 0 Å². The van der Waals surface area contributed by atoms with Crippen molar-refractivity contribution in [2.75, 3.05) is 19.6 Å². The van der Waals surface area contributed by atoms with Crippen LogP contribution in [0.1, 0.15) is 30.4 Å². The predicted octanol–water partition coefficient (Wildman–Crippen LogP) is 6.13. The molecule has 2 aliphatic rings. The molecular weight excluding hydrogens is 793 g/mol. The second-order valence-corrected chi connectivity index (χ2v) is 12.5. The zero-order valence-electron chi connectivity index (χ0n) is 18.1. The maximum atomic E-state index is 12.9. The maximum Gasteiger partial charge on any atom is 0.294 e. The summed E-state index contributed by atoms with van der Waals surface area (Å²) < 4.78 is 9.07. The molecule has 0 unspecified atom stereocenters. The fraction of sp³-hybridized carbons (Fsp3) is 0.292. The van der Waals surface area contributed by atoms with E-state index >= 15 is 0 Å². The minimum atomic E-state index is -0.413. The van der Waals surface area contributed by atoms with E-state index in [1.54, 1.807) is 11.0 Å². The Morgan fingerprint density at radius 2 is 1.65 bits per heavy atom. The van der Waals surface area contributed by atoms with Gasteiger partial charge in [0.2, 0.25) is 5.91 Å². The van der Waals surface area contributed by atoms with Gasteiger partial charge < -0.3 is 9.64 Å². The molecule has 0 aromatic heterocycles. The topological polar surface area (TPSA) is 66.9 Å². The Labute approximate surface area is 243 Å². The van der Waals surface area contributed by atoms with Crippen molar-refractivity contribution >= 4 is 103 Å². The highest BCUT2D eigenvalue weighted by atomic mass is 127. The molecule has 2 aliphatic heterocycles. The minimum absolute atomic E-state index is 0.165. The Balaban J connectivity index is 1.44. The lowest BCUT2D eigenvalue weighted by molar-refractivity contribution is -0.136. The molecule has 2 fully saturated rings. The molecule has 2 aromatic rings. The second-order valence-electron chi connectivity index (χ2n) is 7.94. The van der Waals surface area contributed by atoms with E-state index in [4.69, 9.17) is 4.74 Å². The van der Waals surface area contributed by atoms with Gasteiger partial charge in [0.25, 0.3) is 11.1 Å². The van der Waals surface area contributed by atoms with Crippen LogP contribution in [0.5, 0.6) is 5.75 Å². The molecule has 6 nitrogen and oxygen atoms in total. The van der Waals surface area contributed by atoms with Gasteiger partial charge in [0, 0.05) is 16.7 Å². The molecule has 0 spiro atoms. The molecule has 178 valence electrons. The third-order valence-electron chi connectivity index (χ3n) is 5.49. The molecule has 2 saturated heterocycles. The van der Waals surface area contributed by atoms with Crippen molar-refractivity contribution in [1.29, 1.82) is 0 Å². The SMILES string of the molecule is O=C(CN1C(=O)S/C(=C\c2cc(I)c(OCc3ccc(I)cc3)c(I)c2)C1=O)N1CCCCC1. The summed E-state index contributed by atoms with van der Waals surface area (Å²) >= 11 is 7.60. The lowest BCUT2D eigenvalue weighted by atomic mass is 10.1. The summed E-state index contributed by atoms with van der Waals surface area (Å²) in [7, 11) is 0. The van der Waals surface area contributed by atoms with Crippen molar-refractivity contribution in [1.82, 2.24) is 9.80 Å². The van der Waals surface area contributed by atoms with Crippen molar-refractivity contribution < 1.29 is 19.1 Å². The van der Waals surface area contributed by atoms with E-state index in [1.165, 1.54) is 3.57 Å². The lowest BCUT2D eigenvalue weighted by Gasteiger charge is -2.27. The van der Waals surface area contributed by atoms with Gasteiger partial charge in [-0.1, -0.05) is 12.1 Å². The normalized spacial score (nSPS) is 17.6. The number of hydrogen-bond donors (Lipinski definition) is 0. The van der Waals surface area contributed by atoms with Crippen LogP contribution in [-0.4, -0.2) is 46.5 Å². The first-order valence-corrected chi connectivity index (χ1v) is 14.8. The summed E-state index contributed by atoms with van der Waals surface area (Å²) in [5, 5.41) is -0.400. The van der Waals surface area contributed by atoms with Gasteiger partial charge in [-0.3, -0.25) is 19.3 Å². The van der Waals surface area contributed by atoms with Crippen molar-refractivity contribution in [3.05, 3.63) is 63.1 Å². The Kier molecular flexibility index (Phi) is 9.18. The minimum Gasteiger partial charge on any atom is -0.487 e. The number of amides is 3. The fourth-order valence-corrected chi connectivity index (χ4v) is 7.03. The molecule has 2 aromatic carbocycles. The van der Waals surface area contributed by atoms with Crippen LogP contribution in [0.3, 0.4) is 0 Å². The van der Waals surface area contributed by atoms with Gasteiger partial charge in [0.1, 0.15) is 18.9 Å². The monoisotopic (exact) mass is 814 g/mol. The first-order chi connectivity index (χ1) is 16.3. The van der Waals surface area contributed by atoms with Crippen molar-refractivity contribution in [3.8, 4) is 5.75 Å². The van der Waals surface area contributed by atoms with E-state index in [0.29, 0.717) is 24.6 Å². The smallest absolute Gasteiger partial charge is 0.294 e. The van der Waals surface area contributed by atoms with Crippen LogP contribution in [-0.2, 0) is 16.2 Å². The summed E-state index contributed by atoms with van der Waals surface area (Å²) in [5.74, 6) is 0.212. The Morgan fingerprint density at radius 1 is 1.00 bits per heavy atom. The van der Waals surface area contributed by atoms with E-state index in [0.717, 1.165) is 59.9 Å². The van der Waals surface area contributed by atoms with Gasteiger partial charge in [-0.25, -0.2) is 0 Å². The summed E-state index contributed by atoms with van der Waals surface area (Å²) in [6.07, 6.45) is 4.76. The molecule has 0 atom stereocenters. The maximum absolute atomic E-state index is 12.9. The van der Waals surface area contributed by atoms with Crippen LogP contribution < -0.4 is 4.74 Å². The number of ether oxygens (including phenoxy) is 1. The number of benzene rings is 2. The number of halogens is 3. The zero-order chi connectivity index (χ0) is 24.2. The number of piperidine rings is 1. The lowest BCUT2D eigenvalue weighted by Crippen LogP contribution is -2.44. The quantitative estimate of drug-likeness (QED) is 0.260. The molecule has 10 heteroatoms. The van der Waals surface area contributed by atoms with Gasteiger partial charge in [0.05, 0.1) is 12.0 Å². The molecule has 3 amide bonds. The van der Waals surface area contributed by atoms with Gasteiger partial charge in [-0.05, 0) is 140 Å². The largest absolute Gasteiger partial charge is 0.487 e. The fourth-order valence-electron chi connectivity index (χ4n) is 3.70. The van der Waals surface area contributed by atoms with E-state index in [2.05, 4.69) is 67.8 Å². The standard InChI is InChI=1S/C24H21I3N2O4S/c25-17-6-4-15(5-7-17)14-33-22-18(26)10-16(11-19(22)27)12-20-23(31)29(24(32)34-20)13-21(30)28-8-2-1-3-9-28/h4-7,10-12H,1-3,8-9,13-14H2/b20-12-. The molecule has 0 saturated carbocycles. The zero-order valence-corrected chi connectivity index (χ0v) is 25.3. The molecular formula is C24H21I3N2O4S. The van der Waals surface area contributed by atoms with Crippen LogP contribution >= 0.6 is 79.5 Å². The third kappa shape index (κ3) is 6.46. The number of likely N-dealkylation sites (tertiary alicyclic amines) is 1. The number of carbonyl (C=O) groups excluding carboxylic acids is 3. The van der Waals surface area contributed by atoms with E-state index in [1.807, 2.05) is 36.4 Å². The molecule has 0 radical (unpaired) electrons. The number of imide groups is 1. The average Bonchev–Trinajstić information content (AvgIpc) is 3.07. The Morgan fingerprint density at radius 3 is 2.29 bits per heavy atom. The number of rotatable bonds is 6. The summed E-state index contributed by atoms with van der Waals surface area (Å²) in [6.45, 7) is 1.66. The number of thioether (sulfide) groups is 1. The average molecular weight is 814 g/mol. The van der Waals surface area contributed by atoms with Gasteiger partial charge in [-0.2, -0.15) is 0 Å². The van der Waals surface area contributed by atoms with E-state index in [-0.39, 0.29) is 12.5 Å². The molecule has 4 rings (SSSR count). The second kappa shape index (κ2) is 11.9. The van der Waals surface area contributed by atoms with Crippen molar-refractivity contribution in [2.24, 2.45) is 0 Å². The highest BCUT2D eigenvalue weighted by molar-refractivity contribution is 14.1. The van der Waals surface area contributed by atoms with E-state index in [9.17, 15) is 14.4 Å². The summed E-state index contributed by atoms with van der Waals surface area (Å²) in [4.78, 5) is 41.0. The van der Waals surface area contributed by atoms with Crippen LogP contribution in [0.4, 0.5) is 4.79 Å². The van der Waals surface area contributed by atoms with Gasteiger partial charge >= 0.3 is 0 Å². The van der Waals surface area contributed by atoms with Crippen LogP contribution in [0.15, 0.2) is 41.3 Å². The number of nitrogens with zero attached hydrogens (tertiary/aromatic N) is 2. The van der Waals surface area contributed by atoms with E-state index < -0.39 is 11.1 Å². The highest BCUT2D eigenvalue weighted by Gasteiger charge is 2.37. The Bertz CT molecular complexity index is 1120.